The van der Waals surface area contributed by atoms with Crippen LogP contribution in [0.1, 0.15) is 18.9 Å². The normalized spacial score (nSPS) is 21.5. The summed E-state index contributed by atoms with van der Waals surface area (Å²) in [5.74, 6) is 0.375. The molecule has 1 aromatic rings. The Kier molecular flexibility index (Phi) is 4.39. The number of hydrogen-bond donors (Lipinski definition) is 2. The van der Waals surface area contributed by atoms with Crippen LogP contribution in [0.3, 0.4) is 0 Å². The van der Waals surface area contributed by atoms with Crippen molar-refractivity contribution in [2.75, 3.05) is 24.6 Å². The Balaban J connectivity index is 1.79. The van der Waals surface area contributed by atoms with Crippen LogP contribution < -0.4 is 15.0 Å². The van der Waals surface area contributed by atoms with Gasteiger partial charge in [0.05, 0.1) is 22.3 Å². The molecule has 1 unspecified atom stereocenters. The van der Waals surface area contributed by atoms with Crippen molar-refractivity contribution >= 4 is 34.8 Å². The van der Waals surface area contributed by atoms with E-state index in [0.29, 0.717) is 23.2 Å². The Morgan fingerprint density at radius 2 is 2.27 bits per heavy atom. The fourth-order valence-corrected chi connectivity index (χ4v) is 3.71. The molecular formula is C15H18Cl2N2O3. The second kappa shape index (κ2) is 6.14. The van der Waals surface area contributed by atoms with Crippen LogP contribution >= 0.6 is 23.2 Å². The molecule has 3 rings (SSSR count). The first kappa shape index (κ1) is 15.7. The Bertz CT molecular complexity index is 607. The Morgan fingerprint density at radius 1 is 1.50 bits per heavy atom. The Labute approximate surface area is 139 Å². The maximum Gasteiger partial charge on any atom is 0.248 e. The summed E-state index contributed by atoms with van der Waals surface area (Å²) in [6, 6.07) is 1.72. The van der Waals surface area contributed by atoms with Crippen molar-refractivity contribution in [3.05, 3.63) is 21.7 Å². The van der Waals surface area contributed by atoms with Crippen LogP contribution in [0.25, 0.3) is 0 Å². The van der Waals surface area contributed by atoms with Gasteiger partial charge in [-0.1, -0.05) is 23.2 Å². The molecule has 2 atom stereocenters. The van der Waals surface area contributed by atoms with Crippen molar-refractivity contribution in [3.8, 4) is 5.75 Å². The van der Waals surface area contributed by atoms with E-state index in [1.807, 2.05) is 0 Å². The zero-order valence-corrected chi connectivity index (χ0v) is 13.7. The highest BCUT2D eigenvalue weighted by atomic mass is 35.5. The molecule has 0 spiro atoms. The second-order valence-electron chi connectivity index (χ2n) is 5.71. The van der Waals surface area contributed by atoms with Gasteiger partial charge < -0.3 is 20.1 Å². The molecule has 1 amide bonds. The second-order valence-corrected chi connectivity index (χ2v) is 6.53. The van der Waals surface area contributed by atoms with E-state index in [1.165, 1.54) is 6.92 Å². The molecule has 1 saturated heterocycles. The standard InChI is InChI=1S/C15H18Cl2N2O3/c1-8(20)15(21)18-9-2-4-19(7-9)13-10-3-5-22-14(10)12(17)6-11(13)16/h6,8-9,20H,2-5,7H2,1H3,(H,18,21)/t8-,9?/m0/s1. The monoisotopic (exact) mass is 344 g/mol. The fraction of sp³-hybridized carbons (Fsp3) is 0.533. The third kappa shape index (κ3) is 2.85. The maximum atomic E-state index is 11.6. The molecule has 7 heteroatoms. The first-order chi connectivity index (χ1) is 10.5. The largest absolute Gasteiger partial charge is 0.491 e. The van der Waals surface area contributed by atoms with E-state index in [0.717, 1.165) is 36.4 Å². The molecule has 120 valence electrons. The number of anilines is 1. The summed E-state index contributed by atoms with van der Waals surface area (Å²) in [5, 5.41) is 13.3. The molecule has 2 N–H and O–H groups in total. The van der Waals surface area contributed by atoms with Crippen LogP contribution in [0.5, 0.6) is 5.75 Å². The van der Waals surface area contributed by atoms with Gasteiger partial charge in [-0.15, -0.1) is 0 Å². The van der Waals surface area contributed by atoms with Gasteiger partial charge in [0.2, 0.25) is 5.91 Å². The number of fused-ring (bicyclic) bond motifs is 1. The van der Waals surface area contributed by atoms with Crippen molar-refractivity contribution in [1.82, 2.24) is 5.32 Å². The third-order valence-electron chi connectivity index (χ3n) is 4.09. The molecule has 2 heterocycles. The number of hydrogen-bond acceptors (Lipinski definition) is 4. The molecule has 1 aromatic carbocycles. The maximum absolute atomic E-state index is 11.6. The van der Waals surface area contributed by atoms with E-state index < -0.39 is 6.10 Å². The van der Waals surface area contributed by atoms with Crippen molar-refractivity contribution < 1.29 is 14.6 Å². The summed E-state index contributed by atoms with van der Waals surface area (Å²) < 4.78 is 5.59. The summed E-state index contributed by atoms with van der Waals surface area (Å²) in [6.07, 6.45) is 0.602. The van der Waals surface area contributed by atoms with Crippen LogP contribution in [0.2, 0.25) is 10.0 Å². The van der Waals surface area contributed by atoms with Crippen LogP contribution in [-0.2, 0) is 11.2 Å². The van der Waals surface area contributed by atoms with E-state index in [4.69, 9.17) is 27.9 Å². The number of nitrogens with zero attached hydrogens (tertiary/aromatic N) is 1. The first-order valence-corrected chi connectivity index (χ1v) is 8.10. The minimum atomic E-state index is -0.995. The minimum Gasteiger partial charge on any atom is -0.491 e. The molecule has 0 saturated carbocycles. The topological polar surface area (TPSA) is 61.8 Å². The predicted octanol–water partition coefficient (Wildman–Crippen LogP) is 2.00. The number of carbonyl (C=O) groups is 1. The van der Waals surface area contributed by atoms with Crippen molar-refractivity contribution in [1.29, 1.82) is 0 Å². The van der Waals surface area contributed by atoms with Crippen LogP contribution in [0.15, 0.2) is 6.07 Å². The van der Waals surface area contributed by atoms with Gasteiger partial charge in [-0.25, -0.2) is 0 Å². The first-order valence-electron chi connectivity index (χ1n) is 7.34. The van der Waals surface area contributed by atoms with Gasteiger partial charge in [0.25, 0.3) is 0 Å². The Morgan fingerprint density at radius 3 is 3.00 bits per heavy atom. The van der Waals surface area contributed by atoms with Gasteiger partial charge in [0.1, 0.15) is 11.9 Å². The van der Waals surface area contributed by atoms with Crippen molar-refractivity contribution in [2.45, 2.75) is 31.9 Å². The number of nitrogens with one attached hydrogen (secondary N) is 1. The summed E-state index contributed by atoms with van der Waals surface area (Å²) >= 11 is 12.6. The minimum absolute atomic E-state index is 0.00631. The number of halogens is 2. The summed E-state index contributed by atoms with van der Waals surface area (Å²) in [7, 11) is 0. The van der Waals surface area contributed by atoms with Crippen LogP contribution in [0.4, 0.5) is 5.69 Å². The number of aliphatic hydroxyl groups is 1. The molecule has 22 heavy (non-hydrogen) atoms. The molecule has 0 aromatic heterocycles. The lowest BCUT2D eigenvalue weighted by Crippen LogP contribution is -2.41. The molecule has 2 aliphatic rings. The lowest BCUT2D eigenvalue weighted by Gasteiger charge is -2.23. The number of carbonyl (C=O) groups excluding carboxylic acids is 1. The zero-order chi connectivity index (χ0) is 15.9. The highest BCUT2D eigenvalue weighted by molar-refractivity contribution is 6.37. The van der Waals surface area contributed by atoms with Crippen LogP contribution in [0, 0.1) is 0 Å². The molecule has 2 aliphatic heterocycles. The molecule has 0 bridgehead atoms. The number of amides is 1. The number of rotatable bonds is 3. The molecule has 5 nitrogen and oxygen atoms in total. The number of benzene rings is 1. The fourth-order valence-electron chi connectivity index (χ4n) is 3.03. The average Bonchev–Trinajstić information content (AvgIpc) is 3.08. The van der Waals surface area contributed by atoms with E-state index >= 15 is 0 Å². The van der Waals surface area contributed by atoms with Gasteiger partial charge in [-0.2, -0.15) is 0 Å². The molecule has 0 radical (unpaired) electrons. The van der Waals surface area contributed by atoms with E-state index in [1.54, 1.807) is 6.07 Å². The SMILES string of the molecule is C[C@H](O)C(=O)NC1CCN(c2c(Cl)cc(Cl)c3c2CCO3)C1. The van der Waals surface area contributed by atoms with Gasteiger partial charge in [-0.3, -0.25) is 4.79 Å². The summed E-state index contributed by atoms with van der Waals surface area (Å²) in [4.78, 5) is 13.7. The van der Waals surface area contributed by atoms with Crippen molar-refractivity contribution in [3.63, 3.8) is 0 Å². The van der Waals surface area contributed by atoms with Gasteiger partial charge in [-0.05, 0) is 19.4 Å². The Hall–Kier alpha value is -1.17. The van der Waals surface area contributed by atoms with E-state index in [9.17, 15) is 9.90 Å². The number of aliphatic hydroxyl groups excluding tert-OH is 1. The third-order valence-corrected chi connectivity index (χ3v) is 4.65. The quantitative estimate of drug-likeness (QED) is 0.880. The summed E-state index contributed by atoms with van der Waals surface area (Å²) in [6.45, 7) is 3.52. The molecule has 0 aliphatic carbocycles. The summed E-state index contributed by atoms with van der Waals surface area (Å²) in [5.41, 5.74) is 1.99. The van der Waals surface area contributed by atoms with Gasteiger partial charge in [0.15, 0.2) is 0 Å². The van der Waals surface area contributed by atoms with E-state index in [-0.39, 0.29) is 11.9 Å². The molecular weight excluding hydrogens is 327 g/mol. The predicted molar refractivity (Wildman–Crippen MR) is 86.1 cm³/mol. The zero-order valence-electron chi connectivity index (χ0n) is 12.2. The smallest absolute Gasteiger partial charge is 0.248 e. The number of ether oxygens (including phenoxy) is 1. The average molecular weight is 345 g/mol. The van der Waals surface area contributed by atoms with Crippen molar-refractivity contribution in [2.24, 2.45) is 0 Å². The van der Waals surface area contributed by atoms with Crippen LogP contribution in [-0.4, -0.2) is 42.9 Å². The van der Waals surface area contributed by atoms with Gasteiger partial charge in [0, 0.05) is 31.1 Å². The highest BCUT2D eigenvalue weighted by Gasteiger charge is 2.31. The lowest BCUT2D eigenvalue weighted by molar-refractivity contribution is -0.129. The molecule has 1 fully saturated rings. The van der Waals surface area contributed by atoms with Gasteiger partial charge >= 0.3 is 0 Å². The van der Waals surface area contributed by atoms with E-state index in [2.05, 4.69) is 10.2 Å². The highest BCUT2D eigenvalue weighted by Crippen LogP contribution is 2.45. The lowest BCUT2D eigenvalue weighted by atomic mass is 10.1.